The van der Waals surface area contributed by atoms with Crippen molar-refractivity contribution in [2.45, 2.75) is 32.4 Å². The minimum absolute atomic E-state index is 0.157. The maximum absolute atomic E-state index is 14.9. The van der Waals surface area contributed by atoms with Gasteiger partial charge in [-0.25, -0.2) is 13.2 Å². The number of hydrogen-bond donors (Lipinski definition) is 0. The van der Waals surface area contributed by atoms with Crippen molar-refractivity contribution in [1.82, 2.24) is 0 Å². The first-order valence-electron chi connectivity index (χ1n) is 8.50. The number of halogens is 6. The minimum atomic E-state index is -5.16. The van der Waals surface area contributed by atoms with Crippen LogP contribution < -0.4 is 0 Å². The van der Waals surface area contributed by atoms with Gasteiger partial charge in [-0.2, -0.15) is 13.2 Å². The van der Waals surface area contributed by atoms with Crippen molar-refractivity contribution in [1.29, 1.82) is 0 Å². The lowest BCUT2D eigenvalue weighted by molar-refractivity contribution is -0.142. The Morgan fingerprint density at radius 1 is 0.852 bits per heavy atom. The summed E-state index contributed by atoms with van der Waals surface area (Å²) >= 11 is 0. The van der Waals surface area contributed by atoms with Gasteiger partial charge in [0.15, 0.2) is 0 Å². The molecule has 0 aliphatic heterocycles. The maximum Gasteiger partial charge on any atom is 0.422 e. The van der Waals surface area contributed by atoms with Crippen molar-refractivity contribution < 1.29 is 26.3 Å². The number of hydrogen-bond acceptors (Lipinski definition) is 0. The molecular formula is C21H16F6. The molecule has 3 aromatic carbocycles. The summed E-state index contributed by atoms with van der Waals surface area (Å²) in [4.78, 5) is 0. The highest BCUT2D eigenvalue weighted by Crippen LogP contribution is 2.37. The van der Waals surface area contributed by atoms with E-state index in [1.165, 1.54) is 6.07 Å². The molecule has 3 aromatic rings. The molecule has 0 N–H and O–H groups in total. The molecule has 0 aromatic heterocycles. The third kappa shape index (κ3) is 3.80. The van der Waals surface area contributed by atoms with Gasteiger partial charge >= 0.3 is 6.18 Å². The first-order chi connectivity index (χ1) is 12.7. The molecule has 142 valence electrons. The SMILES string of the molecule is CCCCc1ccc2c(F)c(-c3cc(F)c(C(F)(F)F)c(F)c3)ccc2c1. The Morgan fingerprint density at radius 2 is 1.52 bits per heavy atom. The van der Waals surface area contributed by atoms with Crippen molar-refractivity contribution in [2.24, 2.45) is 0 Å². The van der Waals surface area contributed by atoms with E-state index < -0.39 is 29.2 Å². The Hall–Kier alpha value is -2.50. The summed E-state index contributed by atoms with van der Waals surface area (Å²) in [6, 6.07) is 9.12. The van der Waals surface area contributed by atoms with E-state index in [4.69, 9.17) is 0 Å². The Morgan fingerprint density at radius 3 is 2.11 bits per heavy atom. The fourth-order valence-corrected chi connectivity index (χ4v) is 3.10. The first kappa shape index (κ1) is 19.3. The number of alkyl halides is 3. The second-order valence-electron chi connectivity index (χ2n) is 6.40. The van der Waals surface area contributed by atoms with Gasteiger partial charge in [0.2, 0.25) is 0 Å². The molecule has 0 heterocycles. The van der Waals surface area contributed by atoms with Gasteiger partial charge in [-0.05, 0) is 41.5 Å². The zero-order chi connectivity index (χ0) is 19.8. The molecule has 0 aliphatic carbocycles. The molecule has 27 heavy (non-hydrogen) atoms. The highest BCUT2D eigenvalue weighted by atomic mass is 19.4. The fraction of sp³-hybridized carbons (Fsp3) is 0.238. The Bertz CT molecular complexity index is 965. The topological polar surface area (TPSA) is 0 Å². The molecule has 0 saturated carbocycles. The molecule has 0 atom stereocenters. The molecule has 6 heteroatoms. The highest BCUT2D eigenvalue weighted by Gasteiger charge is 2.38. The Balaban J connectivity index is 2.09. The lowest BCUT2D eigenvalue weighted by Crippen LogP contribution is -2.11. The molecule has 0 saturated heterocycles. The second-order valence-corrected chi connectivity index (χ2v) is 6.40. The average molecular weight is 382 g/mol. The van der Waals surface area contributed by atoms with Crippen LogP contribution in [0.4, 0.5) is 26.3 Å². The summed E-state index contributed by atoms with van der Waals surface area (Å²) in [6.07, 6.45) is -2.29. The molecule has 3 rings (SSSR count). The predicted octanol–water partition coefficient (Wildman–Crippen LogP) is 7.29. The second kappa shape index (κ2) is 7.25. The van der Waals surface area contributed by atoms with E-state index >= 15 is 0 Å². The van der Waals surface area contributed by atoms with Crippen molar-refractivity contribution in [3.63, 3.8) is 0 Å². The van der Waals surface area contributed by atoms with Crippen LogP contribution in [0.15, 0.2) is 42.5 Å². The van der Waals surface area contributed by atoms with Crippen LogP contribution in [-0.2, 0) is 12.6 Å². The number of unbranched alkanes of at least 4 members (excludes halogenated alkanes) is 1. The molecule has 0 bridgehead atoms. The van der Waals surface area contributed by atoms with E-state index in [2.05, 4.69) is 6.92 Å². The smallest absolute Gasteiger partial charge is 0.206 e. The molecule has 0 amide bonds. The summed E-state index contributed by atoms with van der Waals surface area (Å²) in [5.74, 6) is -4.27. The number of fused-ring (bicyclic) bond motifs is 1. The summed E-state index contributed by atoms with van der Waals surface area (Å²) in [6.45, 7) is 2.06. The van der Waals surface area contributed by atoms with Gasteiger partial charge in [0.1, 0.15) is 23.0 Å². The predicted molar refractivity (Wildman–Crippen MR) is 92.9 cm³/mol. The van der Waals surface area contributed by atoms with E-state index in [0.717, 1.165) is 24.8 Å². The van der Waals surface area contributed by atoms with Crippen LogP contribution in [0.25, 0.3) is 21.9 Å². The molecule has 0 radical (unpaired) electrons. The third-order valence-electron chi connectivity index (χ3n) is 4.47. The van der Waals surface area contributed by atoms with Gasteiger partial charge in [0.05, 0.1) is 0 Å². The quantitative estimate of drug-likeness (QED) is 0.416. The molecule has 0 nitrogen and oxygen atoms in total. The average Bonchev–Trinajstić information content (AvgIpc) is 2.58. The van der Waals surface area contributed by atoms with Crippen molar-refractivity contribution in [2.75, 3.05) is 0 Å². The first-order valence-corrected chi connectivity index (χ1v) is 8.50. The van der Waals surface area contributed by atoms with Gasteiger partial charge in [-0.1, -0.05) is 43.7 Å². The number of rotatable bonds is 4. The van der Waals surface area contributed by atoms with Gasteiger partial charge in [0.25, 0.3) is 0 Å². The number of benzene rings is 3. The standard InChI is InChI=1S/C21H16F6/c1-2-3-4-12-5-7-15-13(9-12)6-8-16(20(15)24)14-10-17(22)19(18(23)11-14)21(25,26)27/h5-11H,2-4H2,1H3. The largest absolute Gasteiger partial charge is 0.422 e. The van der Waals surface area contributed by atoms with Crippen molar-refractivity contribution >= 4 is 10.8 Å². The third-order valence-corrected chi connectivity index (χ3v) is 4.47. The Kier molecular flexibility index (Phi) is 5.18. The molecular weight excluding hydrogens is 366 g/mol. The van der Waals surface area contributed by atoms with Gasteiger partial charge in [-0.15, -0.1) is 0 Å². The maximum atomic E-state index is 14.9. The lowest BCUT2D eigenvalue weighted by atomic mass is 9.97. The zero-order valence-corrected chi connectivity index (χ0v) is 14.4. The lowest BCUT2D eigenvalue weighted by Gasteiger charge is -2.13. The van der Waals surface area contributed by atoms with Crippen LogP contribution >= 0.6 is 0 Å². The normalized spacial score (nSPS) is 12.0. The Labute approximate surface area is 152 Å². The summed E-state index contributed by atoms with van der Waals surface area (Å²) < 4.78 is 80.6. The van der Waals surface area contributed by atoms with Crippen molar-refractivity contribution in [3.05, 3.63) is 71.0 Å². The minimum Gasteiger partial charge on any atom is -0.206 e. The summed E-state index contributed by atoms with van der Waals surface area (Å²) in [7, 11) is 0. The summed E-state index contributed by atoms with van der Waals surface area (Å²) in [5.41, 5.74) is -1.38. The van der Waals surface area contributed by atoms with Gasteiger partial charge in [0, 0.05) is 10.9 Å². The van der Waals surface area contributed by atoms with Gasteiger partial charge < -0.3 is 0 Å². The fourth-order valence-electron chi connectivity index (χ4n) is 3.10. The van der Waals surface area contributed by atoms with E-state index in [1.54, 1.807) is 18.2 Å². The van der Waals surface area contributed by atoms with Crippen LogP contribution in [-0.4, -0.2) is 0 Å². The van der Waals surface area contributed by atoms with E-state index in [9.17, 15) is 26.3 Å². The van der Waals surface area contributed by atoms with Crippen LogP contribution in [0.1, 0.15) is 30.9 Å². The molecule has 0 fully saturated rings. The molecule has 0 unspecified atom stereocenters. The van der Waals surface area contributed by atoms with Gasteiger partial charge in [-0.3, -0.25) is 0 Å². The highest BCUT2D eigenvalue weighted by molar-refractivity contribution is 5.88. The van der Waals surface area contributed by atoms with Crippen molar-refractivity contribution in [3.8, 4) is 11.1 Å². The van der Waals surface area contributed by atoms with E-state index in [0.29, 0.717) is 17.5 Å². The zero-order valence-electron chi connectivity index (χ0n) is 14.4. The number of aryl methyl sites for hydroxylation is 1. The van der Waals surface area contributed by atoms with Crippen LogP contribution in [0, 0.1) is 17.5 Å². The van der Waals surface area contributed by atoms with Crippen LogP contribution in [0.3, 0.4) is 0 Å². The van der Waals surface area contributed by atoms with Crippen LogP contribution in [0.2, 0.25) is 0 Å². The van der Waals surface area contributed by atoms with Crippen LogP contribution in [0.5, 0.6) is 0 Å². The molecule has 0 spiro atoms. The van der Waals surface area contributed by atoms with E-state index in [1.807, 2.05) is 6.07 Å². The molecule has 0 aliphatic rings. The monoisotopic (exact) mass is 382 g/mol. The van der Waals surface area contributed by atoms with E-state index in [-0.39, 0.29) is 16.5 Å². The summed E-state index contributed by atoms with van der Waals surface area (Å²) in [5, 5.41) is 0.867.